The van der Waals surface area contributed by atoms with Gasteiger partial charge in [-0.05, 0) is 42.9 Å². The Morgan fingerprint density at radius 3 is 2.31 bits per heavy atom. The molecule has 1 amide bonds. The number of rotatable bonds is 4. The first-order chi connectivity index (χ1) is 12.4. The van der Waals surface area contributed by atoms with Gasteiger partial charge in [-0.15, -0.1) is 0 Å². The molecule has 3 rings (SSSR count). The van der Waals surface area contributed by atoms with E-state index in [1.165, 1.54) is 12.3 Å². The van der Waals surface area contributed by atoms with Crippen molar-refractivity contribution in [3.05, 3.63) is 59.2 Å². The highest BCUT2D eigenvalue weighted by atomic mass is 19.2. The molecule has 2 aromatic rings. The zero-order valence-electron chi connectivity index (χ0n) is 13.9. The van der Waals surface area contributed by atoms with Crippen molar-refractivity contribution in [3.63, 3.8) is 0 Å². The number of benzene rings is 1. The van der Waals surface area contributed by atoms with Crippen LogP contribution in [-0.4, -0.2) is 44.9 Å². The van der Waals surface area contributed by atoms with Gasteiger partial charge in [0.15, 0.2) is 17.3 Å². The number of carbonyl (C=O) groups excluding carboxylic acids is 1. The number of amides is 1. The smallest absolute Gasteiger partial charge is 0.356 e. The number of carboxylic acid groups (broad SMARTS) is 1. The van der Waals surface area contributed by atoms with E-state index in [9.17, 15) is 18.4 Å². The predicted molar refractivity (Wildman–Crippen MR) is 87.7 cm³/mol. The molecule has 0 radical (unpaired) electrons. The summed E-state index contributed by atoms with van der Waals surface area (Å²) < 4.78 is 26.3. The first-order valence-corrected chi connectivity index (χ1v) is 8.22. The lowest BCUT2D eigenvalue weighted by atomic mass is 9.90. The number of likely N-dealkylation sites (tertiary alicyclic amines) is 1. The second-order valence-corrected chi connectivity index (χ2v) is 6.28. The van der Waals surface area contributed by atoms with E-state index in [0.717, 1.165) is 30.7 Å². The van der Waals surface area contributed by atoms with Crippen LogP contribution in [0, 0.1) is 17.6 Å². The van der Waals surface area contributed by atoms with Gasteiger partial charge in [-0.1, -0.05) is 6.07 Å². The maximum absolute atomic E-state index is 13.3. The molecule has 0 saturated carbocycles. The summed E-state index contributed by atoms with van der Waals surface area (Å²) in [5.74, 6) is -2.91. The largest absolute Gasteiger partial charge is 0.476 e. The van der Waals surface area contributed by atoms with Crippen molar-refractivity contribution in [2.75, 3.05) is 13.1 Å². The second kappa shape index (κ2) is 7.55. The van der Waals surface area contributed by atoms with E-state index in [0.29, 0.717) is 19.5 Å². The Hall–Kier alpha value is -2.90. The SMILES string of the molecule is O=C(O)c1cnc(C(=O)N2CCC(Cc3ccc(F)c(F)c3)CC2)cn1. The summed E-state index contributed by atoms with van der Waals surface area (Å²) in [5.41, 5.74) is 0.629. The third-order valence-corrected chi connectivity index (χ3v) is 4.50. The number of aromatic nitrogens is 2. The van der Waals surface area contributed by atoms with E-state index in [4.69, 9.17) is 5.11 Å². The molecule has 1 N–H and O–H groups in total. The Kier molecular flexibility index (Phi) is 5.20. The summed E-state index contributed by atoms with van der Waals surface area (Å²) in [6.07, 6.45) is 4.34. The van der Waals surface area contributed by atoms with Crippen molar-refractivity contribution in [1.29, 1.82) is 0 Å². The Bertz CT molecular complexity index is 819. The summed E-state index contributed by atoms with van der Waals surface area (Å²) in [5, 5.41) is 8.80. The third-order valence-electron chi connectivity index (χ3n) is 4.50. The minimum absolute atomic E-state index is 0.106. The van der Waals surface area contributed by atoms with Crippen LogP contribution in [0.1, 0.15) is 39.4 Å². The van der Waals surface area contributed by atoms with Crippen molar-refractivity contribution in [2.45, 2.75) is 19.3 Å². The monoisotopic (exact) mass is 361 g/mol. The van der Waals surface area contributed by atoms with E-state index in [1.807, 2.05) is 0 Å². The topological polar surface area (TPSA) is 83.4 Å². The van der Waals surface area contributed by atoms with Crippen LogP contribution in [0.15, 0.2) is 30.6 Å². The Morgan fingerprint density at radius 1 is 1.08 bits per heavy atom. The molecule has 1 aliphatic heterocycles. The molecule has 0 aliphatic carbocycles. The van der Waals surface area contributed by atoms with Crippen LogP contribution in [0.2, 0.25) is 0 Å². The van der Waals surface area contributed by atoms with Crippen molar-refractivity contribution in [3.8, 4) is 0 Å². The summed E-state index contributed by atoms with van der Waals surface area (Å²) in [4.78, 5) is 32.4. The van der Waals surface area contributed by atoms with Crippen molar-refractivity contribution < 1.29 is 23.5 Å². The van der Waals surface area contributed by atoms with E-state index in [1.54, 1.807) is 11.0 Å². The maximum atomic E-state index is 13.3. The normalized spacial score (nSPS) is 15.1. The minimum Gasteiger partial charge on any atom is -0.476 e. The highest BCUT2D eigenvalue weighted by Crippen LogP contribution is 2.23. The van der Waals surface area contributed by atoms with Crippen LogP contribution in [0.5, 0.6) is 0 Å². The number of hydrogen-bond acceptors (Lipinski definition) is 4. The van der Waals surface area contributed by atoms with E-state index in [2.05, 4.69) is 9.97 Å². The molecule has 1 aromatic heterocycles. The Morgan fingerprint density at radius 2 is 1.73 bits per heavy atom. The van der Waals surface area contributed by atoms with Gasteiger partial charge in [0.1, 0.15) is 5.69 Å². The average molecular weight is 361 g/mol. The lowest BCUT2D eigenvalue weighted by molar-refractivity contribution is 0.0669. The zero-order valence-corrected chi connectivity index (χ0v) is 13.9. The summed E-state index contributed by atoms with van der Waals surface area (Å²) in [6.45, 7) is 1.05. The minimum atomic E-state index is -1.20. The van der Waals surface area contributed by atoms with E-state index in [-0.39, 0.29) is 23.2 Å². The first-order valence-electron chi connectivity index (χ1n) is 8.22. The lowest BCUT2D eigenvalue weighted by Gasteiger charge is -2.31. The molecule has 136 valence electrons. The fraction of sp³-hybridized carbons (Fsp3) is 0.333. The van der Waals surface area contributed by atoms with Gasteiger partial charge in [0.2, 0.25) is 0 Å². The molecular formula is C18H17F2N3O3. The predicted octanol–water partition coefficient (Wildman–Crippen LogP) is 2.55. The van der Waals surface area contributed by atoms with Crippen molar-refractivity contribution in [2.24, 2.45) is 5.92 Å². The molecule has 0 atom stereocenters. The van der Waals surface area contributed by atoms with E-state index >= 15 is 0 Å². The van der Waals surface area contributed by atoms with Crippen LogP contribution in [-0.2, 0) is 6.42 Å². The Balaban J connectivity index is 1.56. The molecule has 8 heteroatoms. The molecule has 0 spiro atoms. The highest BCUT2D eigenvalue weighted by Gasteiger charge is 2.25. The second-order valence-electron chi connectivity index (χ2n) is 6.28. The maximum Gasteiger partial charge on any atom is 0.356 e. The van der Waals surface area contributed by atoms with Gasteiger partial charge in [-0.25, -0.2) is 23.5 Å². The molecule has 1 saturated heterocycles. The number of nitrogens with zero attached hydrogens (tertiary/aromatic N) is 3. The van der Waals surface area contributed by atoms with Gasteiger partial charge in [-0.2, -0.15) is 0 Å². The van der Waals surface area contributed by atoms with Crippen molar-refractivity contribution >= 4 is 11.9 Å². The molecule has 2 heterocycles. The van der Waals surface area contributed by atoms with Crippen LogP contribution >= 0.6 is 0 Å². The van der Waals surface area contributed by atoms with Gasteiger partial charge in [0.05, 0.1) is 12.4 Å². The number of aromatic carboxylic acids is 1. The fourth-order valence-electron chi connectivity index (χ4n) is 3.05. The standard InChI is InChI=1S/C18H17F2N3O3/c19-13-2-1-12(8-14(13)20)7-11-3-5-23(6-4-11)17(24)15-9-22-16(10-21-15)18(25)26/h1-2,8-11H,3-7H2,(H,25,26). The average Bonchev–Trinajstić information content (AvgIpc) is 2.65. The van der Waals surface area contributed by atoms with Crippen molar-refractivity contribution in [1.82, 2.24) is 14.9 Å². The first kappa shape index (κ1) is 17.9. The van der Waals surface area contributed by atoms with Crippen LogP contribution in [0.4, 0.5) is 8.78 Å². The van der Waals surface area contributed by atoms with Gasteiger partial charge in [0.25, 0.3) is 5.91 Å². The molecule has 0 unspecified atom stereocenters. The Labute approximate surface area is 148 Å². The van der Waals surface area contributed by atoms with Gasteiger partial charge in [-0.3, -0.25) is 4.79 Å². The molecule has 26 heavy (non-hydrogen) atoms. The molecular weight excluding hydrogens is 344 g/mol. The lowest BCUT2D eigenvalue weighted by Crippen LogP contribution is -2.39. The van der Waals surface area contributed by atoms with E-state index < -0.39 is 17.6 Å². The summed E-state index contributed by atoms with van der Waals surface area (Å²) in [7, 11) is 0. The van der Waals surface area contributed by atoms with Crippen LogP contribution < -0.4 is 0 Å². The number of carboxylic acids is 1. The zero-order chi connectivity index (χ0) is 18.7. The van der Waals surface area contributed by atoms with Gasteiger partial charge >= 0.3 is 5.97 Å². The molecule has 1 fully saturated rings. The molecule has 1 aliphatic rings. The third kappa shape index (κ3) is 4.01. The van der Waals surface area contributed by atoms with Gasteiger partial charge in [0, 0.05) is 13.1 Å². The number of carbonyl (C=O) groups is 2. The summed E-state index contributed by atoms with van der Waals surface area (Å²) >= 11 is 0. The van der Waals surface area contributed by atoms with Crippen LogP contribution in [0.3, 0.4) is 0 Å². The highest BCUT2D eigenvalue weighted by molar-refractivity contribution is 5.92. The quantitative estimate of drug-likeness (QED) is 0.905. The number of piperidine rings is 1. The molecule has 0 bridgehead atoms. The number of hydrogen-bond donors (Lipinski definition) is 1. The molecule has 6 nitrogen and oxygen atoms in total. The van der Waals surface area contributed by atoms with Gasteiger partial charge < -0.3 is 10.0 Å². The fourth-order valence-corrected chi connectivity index (χ4v) is 3.05. The summed E-state index contributed by atoms with van der Waals surface area (Å²) in [6, 6.07) is 3.92. The van der Waals surface area contributed by atoms with Crippen LogP contribution in [0.25, 0.3) is 0 Å². The molecule has 1 aromatic carbocycles. The number of halogens is 2.